The van der Waals surface area contributed by atoms with Crippen LogP contribution in [0.4, 0.5) is 13.2 Å². The second-order valence-corrected chi connectivity index (χ2v) is 4.45. The fourth-order valence-corrected chi connectivity index (χ4v) is 1.38. The van der Waals surface area contributed by atoms with Gasteiger partial charge in [0.1, 0.15) is 5.92 Å². The van der Waals surface area contributed by atoms with E-state index in [1.54, 1.807) is 0 Å². The molecule has 5 nitrogen and oxygen atoms in total. The van der Waals surface area contributed by atoms with Gasteiger partial charge in [0.2, 0.25) is 0 Å². The van der Waals surface area contributed by atoms with Crippen LogP contribution in [-0.2, 0) is 4.74 Å². The van der Waals surface area contributed by atoms with Crippen molar-refractivity contribution in [3.8, 4) is 0 Å². The number of nitrogens with one attached hydrogen (secondary N) is 1. The molecule has 0 heterocycles. The molecular formula is C11H22F3N3O2. The Hall–Kier alpha value is -1.02. The first-order chi connectivity index (χ1) is 8.79. The van der Waals surface area contributed by atoms with Gasteiger partial charge in [-0.3, -0.25) is 0 Å². The Kier molecular flexibility index (Phi) is 8.49. The molecule has 8 heteroatoms. The zero-order valence-electron chi connectivity index (χ0n) is 11.2. The van der Waals surface area contributed by atoms with Gasteiger partial charge in [-0.05, 0) is 33.2 Å². The Labute approximate surface area is 111 Å². The lowest BCUT2D eigenvalue weighted by Gasteiger charge is -2.19. The molecule has 1 atom stereocenters. The molecule has 0 spiro atoms. The van der Waals surface area contributed by atoms with E-state index < -0.39 is 24.5 Å². The van der Waals surface area contributed by atoms with Crippen LogP contribution >= 0.6 is 0 Å². The SMILES string of the molecule is CC(C)OCCCCNCC(C(N)=NO)C(F)(F)F. The predicted octanol–water partition coefficient (Wildman–Crippen LogP) is 1.71. The van der Waals surface area contributed by atoms with Crippen molar-refractivity contribution in [2.75, 3.05) is 19.7 Å². The highest BCUT2D eigenvalue weighted by Gasteiger charge is 2.42. The summed E-state index contributed by atoms with van der Waals surface area (Å²) in [6.45, 7) is 4.45. The maximum Gasteiger partial charge on any atom is 0.400 e. The van der Waals surface area contributed by atoms with Gasteiger partial charge >= 0.3 is 6.18 Å². The van der Waals surface area contributed by atoms with Crippen LogP contribution in [0.5, 0.6) is 0 Å². The molecule has 0 bridgehead atoms. The van der Waals surface area contributed by atoms with E-state index in [1.807, 2.05) is 13.8 Å². The summed E-state index contributed by atoms with van der Waals surface area (Å²) in [7, 11) is 0. The summed E-state index contributed by atoms with van der Waals surface area (Å²) in [6, 6.07) is 0. The lowest BCUT2D eigenvalue weighted by atomic mass is 10.1. The minimum absolute atomic E-state index is 0.156. The molecule has 0 aromatic rings. The summed E-state index contributed by atoms with van der Waals surface area (Å²) < 4.78 is 42.9. The van der Waals surface area contributed by atoms with E-state index in [1.165, 1.54) is 0 Å². The third-order valence-corrected chi connectivity index (χ3v) is 2.42. The Morgan fingerprint density at radius 3 is 2.47 bits per heavy atom. The summed E-state index contributed by atoms with van der Waals surface area (Å²) in [5.41, 5.74) is 5.02. The minimum Gasteiger partial charge on any atom is -0.409 e. The molecule has 0 aromatic heterocycles. The number of ether oxygens (including phenoxy) is 1. The second kappa shape index (κ2) is 8.98. The van der Waals surface area contributed by atoms with E-state index in [9.17, 15) is 13.2 Å². The molecular weight excluding hydrogens is 263 g/mol. The van der Waals surface area contributed by atoms with Crippen LogP contribution in [0, 0.1) is 5.92 Å². The Morgan fingerprint density at radius 1 is 1.37 bits per heavy atom. The molecule has 0 saturated heterocycles. The van der Waals surface area contributed by atoms with E-state index in [0.29, 0.717) is 19.6 Å². The van der Waals surface area contributed by atoms with Crippen LogP contribution in [0.1, 0.15) is 26.7 Å². The highest BCUT2D eigenvalue weighted by Crippen LogP contribution is 2.25. The van der Waals surface area contributed by atoms with E-state index in [-0.39, 0.29) is 6.10 Å². The van der Waals surface area contributed by atoms with Crippen molar-refractivity contribution < 1.29 is 23.1 Å². The molecule has 0 aliphatic carbocycles. The van der Waals surface area contributed by atoms with Crippen LogP contribution < -0.4 is 11.1 Å². The molecule has 0 fully saturated rings. The van der Waals surface area contributed by atoms with Gasteiger partial charge in [0, 0.05) is 13.2 Å². The van der Waals surface area contributed by atoms with Crippen molar-refractivity contribution in [3.05, 3.63) is 0 Å². The number of nitrogens with two attached hydrogens (primary N) is 1. The van der Waals surface area contributed by atoms with Crippen molar-refractivity contribution in [2.24, 2.45) is 16.8 Å². The first-order valence-electron chi connectivity index (χ1n) is 6.15. The first-order valence-corrected chi connectivity index (χ1v) is 6.15. The Morgan fingerprint density at radius 2 is 2.00 bits per heavy atom. The molecule has 114 valence electrons. The van der Waals surface area contributed by atoms with Gasteiger partial charge < -0.3 is 21.0 Å². The minimum atomic E-state index is -4.52. The molecule has 0 aliphatic rings. The monoisotopic (exact) mass is 285 g/mol. The van der Waals surface area contributed by atoms with Crippen LogP contribution in [0.3, 0.4) is 0 Å². The van der Waals surface area contributed by atoms with Gasteiger partial charge in [0.25, 0.3) is 0 Å². The number of alkyl halides is 3. The first kappa shape index (κ1) is 18.0. The zero-order chi connectivity index (χ0) is 14.9. The average molecular weight is 285 g/mol. The summed E-state index contributed by atoms with van der Waals surface area (Å²) in [5, 5.41) is 13.4. The number of unbranched alkanes of at least 4 members (excludes halogenated alkanes) is 1. The average Bonchev–Trinajstić information content (AvgIpc) is 2.29. The van der Waals surface area contributed by atoms with Crippen molar-refractivity contribution in [3.63, 3.8) is 0 Å². The van der Waals surface area contributed by atoms with Crippen LogP contribution in [0.15, 0.2) is 5.16 Å². The third kappa shape index (κ3) is 8.66. The number of amidine groups is 1. The van der Waals surface area contributed by atoms with Gasteiger partial charge in [-0.25, -0.2) is 0 Å². The highest BCUT2D eigenvalue weighted by atomic mass is 19.4. The van der Waals surface area contributed by atoms with E-state index in [0.717, 1.165) is 6.42 Å². The topological polar surface area (TPSA) is 79.9 Å². The lowest BCUT2D eigenvalue weighted by Crippen LogP contribution is -2.43. The molecule has 0 saturated carbocycles. The highest BCUT2D eigenvalue weighted by molar-refractivity contribution is 5.83. The molecule has 4 N–H and O–H groups in total. The molecule has 0 rings (SSSR count). The second-order valence-electron chi connectivity index (χ2n) is 4.45. The molecule has 0 amide bonds. The fraction of sp³-hybridized carbons (Fsp3) is 0.909. The van der Waals surface area contributed by atoms with Crippen LogP contribution in [-0.4, -0.2) is 43.0 Å². The van der Waals surface area contributed by atoms with Crippen molar-refractivity contribution in [1.82, 2.24) is 5.32 Å². The van der Waals surface area contributed by atoms with Crippen molar-refractivity contribution >= 4 is 5.84 Å². The number of hydrogen-bond donors (Lipinski definition) is 3. The molecule has 0 aromatic carbocycles. The van der Waals surface area contributed by atoms with Gasteiger partial charge in [0.15, 0.2) is 5.84 Å². The predicted molar refractivity (Wildman–Crippen MR) is 66.1 cm³/mol. The van der Waals surface area contributed by atoms with Gasteiger partial charge in [-0.2, -0.15) is 13.2 Å². The Balaban J connectivity index is 3.84. The van der Waals surface area contributed by atoms with Gasteiger partial charge in [0.05, 0.1) is 6.10 Å². The summed E-state index contributed by atoms with van der Waals surface area (Å²) in [5.74, 6) is -2.80. The number of rotatable bonds is 9. The maximum absolute atomic E-state index is 12.5. The largest absolute Gasteiger partial charge is 0.409 e. The number of hydrogen-bond acceptors (Lipinski definition) is 4. The molecule has 19 heavy (non-hydrogen) atoms. The van der Waals surface area contributed by atoms with Gasteiger partial charge in [-0.15, -0.1) is 0 Å². The number of nitrogens with zero attached hydrogens (tertiary/aromatic N) is 1. The number of oxime groups is 1. The molecule has 0 aliphatic heterocycles. The van der Waals surface area contributed by atoms with E-state index >= 15 is 0 Å². The standard InChI is InChI=1S/C11H22F3N3O2/c1-8(2)19-6-4-3-5-16-7-9(10(15)17-18)11(12,13)14/h8-9,16,18H,3-7H2,1-2H3,(H2,15,17). The summed E-state index contributed by atoms with van der Waals surface area (Å²) in [6.07, 6.45) is -2.90. The quantitative estimate of drug-likeness (QED) is 0.198. The fourth-order valence-electron chi connectivity index (χ4n) is 1.38. The molecule has 1 unspecified atom stereocenters. The van der Waals surface area contributed by atoms with Crippen molar-refractivity contribution in [1.29, 1.82) is 0 Å². The van der Waals surface area contributed by atoms with Crippen LogP contribution in [0.2, 0.25) is 0 Å². The number of halogens is 3. The zero-order valence-corrected chi connectivity index (χ0v) is 11.2. The summed E-state index contributed by atoms with van der Waals surface area (Å²) >= 11 is 0. The summed E-state index contributed by atoms with van der Waals surface area (Å²) in [4.78, 5) is 0. The smallest absolute Gasteiger partial charge is 0.400 e. The van der Waals surface area contributed by atoms with Crippen LogP contribution in [0.25, 0.3) is 0 Å². The molecule has 0 radical (unpaired) electrons. The van der Waals surface area contributed by atoms with E-state index in [2.05, 4.69) is 10.5 Å². The normalized spacial score (nSPS) is 14.9. The maximum atomic E-state index is 12.5. The van der Waals surface area contributed by atoms with Gasteiger partial charge in [-0.1, -0.05) is 5.16 Å². The third-order valence-electron chi connectivity index (χ3n) is 2.42. The Bertz CT molecular complexity index is 270. The van der Waals surface area contributed by atoms with Crippen molar-refractivity contribution in [2.45, 2.75) is 39.0 Å². The van der Waals surface area contributed by atoms with E-state index in [4.69, 9.17) is 15.7 Å². The lowest BCUT2D eigenvalue weighted by molar-refractivity contribution is -0.154.